The van der Waals surface area contributed by atoms with Crippen molar-refractivity contribution < 1.29 is 0 Å². The zero-order valence-electron chi connectivity index (χ0n) is 6.42. The number of halogens is 1. The molecule has 3 heteroatoms. The quantitative estimate of drug-likeness (QED) is 0.654. The van der Waals surface area contributed by atoms with Gasteiger partial charge in [0.25, 0.3) is 0 Å². The molecule has 0 aromatic carbocycles. The number of pyridine rings is 1. The normalized spacial score (nSPS) is 13.0. The lowest BCUT2D eigenvalue weighted by Crippen LogP contribution is -2.10. The van der Waals surface area contributed by atoms with E-state index >= 15 is 0 Å². The van der Waals surface area contributed by atoms with Crippen molar-refractivity contribution in [2.75, 3.05) is 0 Å². The first kappa shape index (κ1) is 8.93. The van der Waals surface area contributed by atoms with Crippen LogP contribution in [0.5, 0.6) is 0 Å². The molecule has 0 aliphatic rings. The summed E-state index contributed by atoms with van der Waals surface area (Å²) in [5.41, 5.74) is 6.78. The SMILES string of the molecule is CC[C@@H](N)c1cccc(I)n1. The summed E-state index contributed by atoms with van der Waals surface area (Å²) in [6, 6.07) is 6.01. The van der Waals surface area contributed by atoms with E-state index in [4.69, 9.17) is 5.73 Å². The van der Waals surface area contributed by atoms with Gasteiger partial charge in [-0.1, -0.05) is 13.0 Å². The Balaban J connectivity index is 2.86. The predicted octanol–water partition coefficient (Wildman–Crippen LogP) is 2.10. The summed E-state index contributed by atoms with van der Waals surface area (Å²) in [5.74, 6) is 0. The van der Waals surface area contributed by atoms with Crippen LogP contribution in [0.2, 0.25) is 0 Å². The molecule has 0 bridgehead atoms. The number of aromatic nitrogens is 1. The molecule has 0 unspecified atom stereocenters. The highest BCUT2D eigenvalue weighted by Gasteiger charge is 2.03. The average Bonchev–Trinajstić information content (AvgIpc) is 2.03. The molecule has 1 rings (SSSR count). The molecule has 0 amide bonds. The number of hydrogen-bond donors (Lipinski definition) is 1. The zero-order chi connectivity index (χ0) is 8.27. The van der Waals surface area contributed by atoms with Crippen LogP contribution in [-0.4, -0.2) is 4.98 Å². The Morgan fingerprint density at radius 1 is 1.64 bits per heavy atom. The third kappa shape index (κ3) is 2.41. The molecule has 1 aromatic rings. The van der Waals surface area contributed by atoms with Crippen LogP contribution in [0.4, 0.5) is 0 Å². The topological polar surface area (TPSA) is 38.9 Å². The Kier molecular flexibility index (Phi) is 3.26. The van der Waals surface area contributed by atoms with Gasteiger partial charge >= 0.3 is 0 Å². The van der Waals surface area contributed by atoms with Crippen LogP contribution >= 0.6 is 22.6 Å². The van der Waals surface area contributed by atoms with Crippen LogP contribution in [0.1, 0.15) is 25.1 Å². The highest BCUT2D eigenvalue weighted by molar-refractivity contribution is 14.1. The van der Waals surface area contributed by atoms with E-state index in [1.165, 1.54) is 0 Å². The van der Waals surface area contributed by atoms with Crippen LogP contribution in [0.25, 0.3) is 0 Å². The standard InChI is InChI=1S/C8H11IN2/c1-2-6(10)7-4-3-5-8(9)11-7/h3-6H,2,10H2,1H3/t6-/m1/s1. The van der Waals surface area contributed by atoms with E-state index in [1.807, 2.05) is 18.2 Å². The monoisotopic (exact) mass is 262 g/mol. The van der Waals surface area contributed by atoms with Crippen molar-refractivity contribution in [3.05, 3.63) is 27.6 Å². The van der Waals surface area contributed by atoms with Gasteiger partial charge in [0.1, 0.15) is 3.70 Å². The van der Waals surface area contributed by atoms with Crippen molar-refractivity contribution in [3.8, 4) is 0 Å². The summed E-state index contributed by atoms with van der Waals surface area (Å²) in [6.45, 7) is 2.06. The molecule has 0 spiro atoms. The van der Waals surface area contributed by atoms with Gasteiger partial charge in [0.2, 0.25) is 0 Å². The van der Waals surface area contributed by atoms with Gasteiger partial charge in [-0.15, -0.1) is 0 Å². The van der Waals surface area contributed by atoms with Crippen LogP contribution in [0.3, 0.4) is 0 Å². The molecule has 0 fully saturated rings. The maximum absolute atomic E-state index is 5.80. The van der Waals surface area contributed by atoms with Gasteiger partial charge < -0.3 is 5.73 Å². The van der Waals surface area contributed by atoms with Crippen LogP contribution in [-0.2, 0) is 0 Å². The lowest BCUT2D eigenvalue weighted by atomic mass is 10.1. The molecule has 1 heterocycles. The number of nitrogens with two attached hydrogens (primary N) is 1. The van der Waals surface area contributed by atoms with Gasteiger partial charge in [0, 0.05) is 6.04 Å². The lowest BCUT2D eigenvalue weighted by molar-refractivity contribution is 0.673. The van der Waals surface area contributed by atoms with Crippen molar-refractivity contribution in [1.82, 2.24) is 4.98 Å². The maximum atomic E-state index is 5.80. The molecule has 0 aliphatic carbocycles. The third-order valence-corrected chi connectivity index (χ3v) is 2.16. The Labute approximate surface area is 80.3 Å². The van der Waals surface area contributed by atoms with Crippen molar-refractivity contribution in [1.29, 1.82) is 0 Å². The molecular weight excluding hydrogens is 251 g/mol. The molecule has 60 valence electrons. The van der Waals surface area contributed by atoms with Crippen LogP contribution < -0.4 is 5.73 Å². The molecule has 1 atom stereocenters. The van der Waals surface area contributed by atoms with Crippen molar-refractivity contribution >= 4 is 22.6 Å². The molecule has 0 saturated heterocycles. The number of nitrogens with zero attached hydrogens (tertiary/aromatic N) is 1. The third-order valence-electron chi connectivity index (χ3n) is 1.56. The largest absolute Gasteiger partial charge is 0.323 e. The summed E-state index contributed by atoms with van der Waals surface area (Å²) < 4.78 is 1.00. The molecule has 1 aromatic heterocycles. The smallest absolute Gasteiger partial charge is 0.101 e. The fraction of sp³-hybridized carbons (Fsp3) is 0.375. The Morgan fingerprint density at radius 3 is 2.91 bits per heavy atom. The second-order valence-electron chi connectivity index (χ2n) is 2.40. The molecule has 11 heavy (non-hydrogen) atoms. The first-order chi connectivity index (χ1) is 5.24. The van der Waals surface area contributed by atoms with E-state index in [2.05, 4.69) is 34.5 Å². The lowest BCUT2D eigenvalue weighted by Gasteiger charge is -2.06. The number of hydrogen-bond acceptors (Lipinski definition) is 2. The van der Waals surface area contributed by atoms with Crippen LogP contribution in [0.15, 0.2) is 18.2 Å². The summed E-state index contributed by atoms with van der Waals surface area (Å²) in [4.78, 5) is 4.31. The second kappa shape index (κ2) is 4.01. The van der Waals surface area contributed by atoms with Gasteiger partial charge in [-0.2, -0.15) is 0 Å². The average molecular weight is 262 g/mol. The van der Waals surface area contributed by atoms with Gasteiger partial charge in [-0.05, 0) is 41.1 Å². The van der Waals surface area contributed by atoms with Gasteiger partial charge in [0.15, 0.2) is 0 Å². The Morgan fingerprint density at radius 2 is 2.36 bits per heavy atom. The summed E-state index contributed by atoms with van der Waals surface area (Å²) in [7, 11) is 0. The maximum Gasteiger partial charge on any atom is 0.101 e. The minimum atomic E-state index is 0.0877. The van der Waals surface area contributed by atoms with E-state index in [-0.39, 0.29) is 6.04 Å². The highest BCUT2D eigenvalue weighted by atomic mass is 127. The molecule has 2 nitrogen and oxygen atoms in total. The van der Waals surface area contributed by atoms with Crippen molar-refractivity contribution in [2.24, 2.45) is 5.73 Å². The van der Waals surface area contributed by atoms with E-state index in [9.17, 15) is 0 Å². The summed E-state index contributed by atoms with van der Waals surface area (Å²) in [6.07, 6.45) is 0.938. The molecular formula is C8H11IN2. The zero-order valence-corrected chi connectivity index (χ0v) is 8.58. The number of rotatable bonds is 2. The predicted molar refractivity (Wildman–Crippen MR) is 54.2 cm³/mol. The van der Waals surface area contributed by atoms with Crippen molar-refractivity contribution in [2.45, 2.75) is 19.4 Å². The summed E-state index contributed by atoms with van der Waals surface area (Å²) in [5, 5.41) is 0. The minimum absolute atomic E-state index is 0.0877. The second-order valence-corrected chi connectivity index (χ2v) is 3.51. The minimum Gasteiger partial charge on any atom is -0.323 e. The van der Waals surface area contributed by atoms with E-state index < -0.39 is 0 Å². The molecule has 0 saturated carbocycles. The van der Waals surface area contributed by atoms with E-state index in [0.717, 1.165) is 15.8 Å². The fourth-order valence-corrected chi connectivity index (χ4v) is 1.33. The first-order valence-electron chi connectivity index (χ1n) is 3.62. The highest BCUT2D eigenvalue weighted by Crippen LogP contribution is 2.11. The Bertz CT molecular complexity index is 237. The van der Waals surface area contributed by atoms with Gasteiger partial charge in [0.05, 0.1) is 5.69 Å². The first-order valence-corrected chi connectivity index (χ1v) is 4.70. The van der Waals surface area contributed by atoms with Gasteiger partial charge in [-0.25, -0.2) is 4.98 Å². The van der Waals surface area contributed by atoms with E-state index in [0.29, 0.717) is 0 Å². The molecule has 2 N–H and O–H groups in total. The van der Waals surface area contributed by atoms with E-state index in [1.54, 1.807) is 0 Å². The fourth-order valence-electron chi connectivity index (χ4n) is 0.840. The Hall–Kier alpha value is -0.160. The molecule has 0 radical (unpaired) electrons. The summed E-state index contributed by atoms with van der Waals surface area (Å²) >= 11 is 2.19. The van der Waals surface area contributed by atoms with Gasteiger partial charge in [-0.3, -0.25) is 0 Å². The van der Waals surface area contributed by atoms with Crippen LogP contribution in [0, 0.1) is 3.70 Å². The molecule has 0 aliphatic heterocycles. The van der Waals surface area contributed by atoms with Crippen molar-refractivity contribution in [3.63, 3.8) is 0 Å².